The number of primary amides is 1. The molecule has 0 spiro atoms. The second kappa shape index (κ2) is 9.00. The second-order valence-electron chi connectivity index (χ2n) is 7.86. The van der Waals surface area contributed by atoms with Crippen LogP contribution in [0.1, 0.15) is 28.9 Å². The van der Waals surface area contributed by atoms with E-state index in [1.807, 2.05) is 73.7 Å². The van der Waals surface area contributed by atoms with Crippen LogP contribution in [-0.2, 0) is 4.79 Å². The van der Waals surface area contributed by atoms with E-state index in [0.29, 0.717) is 11.3 Å². The summed E-state index contributed by atoms with van der Waals surface area (Å²) in [6.45, 7) is 3.45. The van der Waals surface area contributed by atoms with Crippen LogP contribution in [0.5, 0.6) is 0 Å². The van der Waals surface area contributed by atoms with Crippen LogP contribution in [-0.4, -0.2) is 29.9 Å². The predicted molar refractivity (Wildman–Crippen MR) is 123 cm³/mol. The summed E-state index contributed by atoms with van der Waals surface area (Å²) in [6, 6.07) is 21.4. The molecular formula is C25H26N4O2. The number of benzene rings is 2. The highest BCUT2D eigenvalue weighted by atomic mass is 16.2. The lowest BCUT2D eigenvalue weighted by Gasteiger charge is -2.32. The van der Waals surface area contributed by atoms with E-state index in [-0.39, 0.29) is 17.7 Å². The van der Waals surface area contributed by atoms with Gasteiger partial charge in [0.1, 0.15) is 0 Å². The lowest BCUT2D eigenvalue weighted by atomic mass is 9.96. The summed E-state index contributed by atoms with van der Waals surface area (Å²) in [6.07, 6.45) is 1.55. The zero-order valence-electron chi connectivity index (χ0n) is 17.5. The van der Waals surface area contributed by atoms with Gasteiger partial charge in [-0.2, -0.15) is 0 Å². The quantitative estimate of drug-likeness (QED) is 0.660. The summed E-state index contributed by atoms with van der Waals surface area (Å²) in [5, 5.41) is 2.95. The summed E-state index contributed by atoms with van der Waals surface area (Å²) in [5.41, 5.74) is 10.3. The molecule has 2 amide bonds. The molecule has 2 heterocycles. The van der Waals surface area contributed by atoms with Crippen LogP contribution in [0.2, 0.25) is 0 Å². The molecule has 6 heteroatoms. The Morgan fingerprint density at radius 1 is 0.968 bits per heavy atom. The molecule has 0 atom stereocenters. The van der Waals surface area contributed by atoms with E-state index >= 15 is 0 Å². The molecule has 3 aromatic rings. The van der Waals surface area contributed by atoms with Gasteiger partial charge in [-0.05, 0) is 56.2 Å². The third-order valence-corrected chi connectivity index (χ3v) is 5.79. The Morgan fingerprint density at radius 2 is 1.65 bits per heavy atom. The number of aromatic nitrogens is 1. The van der Waals surface area contributed by atoms with Crippen LogP contribution < -0.4 is 16.0 Å². The number of nitrogens with zero attached hydrogens (tertiary/aromatic N) is 2. The number of piperidine rings is 1. The third kappa shape index (κ3) is 4.74. The molecule has 0 unspecified atom stereocenters. The van der Waals surface area contributed by atoms with Crippen LogP contribution in [0.25, 0.3) is 11.3 Å². The summed E-state index contributed by atoms with van der Waals surface area (Å²) in [7, 11) is 0. The molecule has 6 nitrogen and oxygen atoms in total. The van der Waals surface area contributed by atoms with Crippen LogP contribution in [0.4, 0.5) is 11.4 Å². The number of amides is 2. The van der Waals surface area contributed by atoms with Gasteiger partial charge in [-0.3, -0.25) is 14.6 Å². The van der Waals surface area contributed by atoms with E-state index < -0.39 is 0 Å². The van der Waals surface area contributed by atoms with Crippen LogP contribution in [0.3, 0.4) is 0 Å². The second-order valence-corrected chi connectivity index (χ2v) is 7.86. The normalized spacial score (nSPS) is 14.3. The third-order valence-electron chi connectivity index (χ3n) is 5.79. The fourth-order valence-corrected chi connectivity index (χ4v) is 3.95. The Hall–Kier alpha value is -3.67. The van der Waals surface area contributed by atoms with Crippen LogP contribution in [0.15, 0.2) is 66.7 Å². The molecule has 4 rings (SSSR count). The maximum absolute atomic E-state index is 12.8. The van der Waals surface area contributed by atoms with E-state index in [4.69, 9.17) is 5.73 Å². The fraction of sp³-hybridized carbons (Fsp3) is 0.240. The highest BCUT2D eigenvalue weighted by Gasteiger charge is 2.23. The molecule has 0 radical (unpaired) electrons. The SMILES string of the molecule is Cc1nc(-c2ccccc2)ccc1C(=O)Nc1ccc(N2CCC(C(N)=O)CC2)cc1. The number of hydrogen-bond donors (Lipinski definition) is 2. The Bertz CT molecular complexity index is 1070. The Morgan fingerprint density at radius 3 is 2.26 bits per heavy atom. The van der Waals surface area contributed by atoms with Gasteiger partial charge in [-0.15, -0.1) is 0 Å². The van der Waals surface area contributed by atoms with Gasteiger partial charge >= 0.3 is 0 Å². The van der Waals surface area contributed by atoms with Crippen molar-refractivity contribution in [2.75, 3.05) is 23.3 Å². The van der Waals surface area contributed by atoms with Gasteiger partial charge in [0.25, 0.3) is 5.91 Å². The van der Waals surface area contributed by atoms with Crippen molar-refractivity contribution < 1.29 is 9.59 Å². The first-order valence-corrected chi connectivity index (χ1v) is 10.5. The maximum Gasteiger partial charge on any atom is 0.257 e. The Labute approximate surface area is 182 Å². The monoisotopic (exact) mass is 414 g/mol. The first-order chi connectivity index (χ1) is 15.0. The number of aryl methyl sites for hydroxylation is 1. The highest BCUT2D eigenvalue weighted by Crippen LogP contribution is 2.25. The molecule has 1 aliphatic heterocycles. The zero-order chi connectivity index (χ0) is 21.8. The lowest BCUT2D eigenvalue weighted by Crippen LogP contribution is -2.38. The minimum absolute atomic E-state index is 0.0278. The number of rotatable bonds is 5. The average Bonchev–Trinajstić information content (AvgIpc) is 2.80. The van der Waals surface area contributed by atoms with Crippen molar-refractivity contribution in [3.63, 3.8) is 0 Å². The topological polar surface area (TPSA) is 88.3 Å². The van der Waals surface area contributed by atoms with Gasteiger partial charge in [0.15, 0.2) is 0 Å². The molecule has 2 aromatic carbocycles. The fourth-order valence-electron chi connectivity index (χ4n) is 3.95. The molecule has 158 valence electrons. The van der Waals surface area contributed by atoms with Crippen LogP contribution >= 0.6 is 0 Å². The van der Waals surface area contributed by atoms with Crippen molar-refractivity contribution >= 4 is 23.2 Å². The van der Waals surface area contributed by atoms with Crippen molar-refractivity contribution in [1.29, 1.82) is 0 Å². The summed E-state index contributed by atoms with van der Waals surface area (Å²) in [4.78, 5) is 30.9. The van der Waals surface area contributed by atoms with Gasteiger partial charge in [-0.1, -0.05) is 30.3 Å². The van der Waals surface area contributed by atoms with Crippen molar-refractivity contribution in [3.05, 3.63) is 78.0 Å². The molecule has 0 aliphatic carbocycles. The van der Waals surface area contributed by atoms with E-state index in [1.54, 1.807) is 0 Å². The van der Waals surface area contributed by atoms with E-state index in [2.05, 4.69) is 15.2 Å². The van der Waals surface area contributed by atoms with Crippen molar-refractivity contribution in [3.8, 4) is 11.3 Å². The Balaban J connectivity index is 1.40. The lowest BCUT2D eigenvalue weighted by molar-refractivity contribution is -0.122. The number of nitrogens with two attached hydrogens (primary N) is 1. The van der Waals surface area contributed by atoms with Gasteiger partial charge in [0.05, 0.1) is 17.0 Å². The van der Waals surface area contributed by atoms with Gasteiger partial charge in [0, 0.05) is 35.9 Å². The largest absolute Gasteiger partial charge is 0.371 e. The summed E-state index contributed by atoms with van der Waals surface area (Å²) < 4.78 is 0. The van der Waals surface area contributed by atoms with Crippen LogP contribution in [0, 0.1) is 12.8 Å². The maximum atomic E-state index is 12.8. The standard InChI is InChI=1S/C25H26N4O2/c1-17-22(11-12-23(27-17)18-5-3-2-4-6-18)25(31)28-20-7-9-21(10-8-20)29-15-13-19(14-16-29)24(26)30/h2-12,19H,13-16H2,1H3,(H2,26,30)(H,28,31). The van der Waals surface area contributed by atoms with Crippen molar-refractivity contribution in [1.82, 2.24) is 4.98 Å². The number of pyridine rings is 1. The van der Waals surface area contributed by atoms with Gasteiger partial charge < -0.3 is 16.0 Å². The number of carbonyl (C=O) groups excluding carboxylic acids is 2. The van der Waals surface area contributed by atoms with Crippen molar-refractivity contribution in [2.24, 2.45) is 11.7 Å². The summed E-state index contributed by atoms with van der Waals surface area (Å²) in [5.74, 6) is -0.418. The number of hydrogen-bond acceptors (Lipinski definition) is 4. The number of carbonyl (C=O) groups is 2. The molecule has 31 heavy (non-hydrogen) atoms. The molecule has 3 N–H and O–H groups in total. The molecule has 1 aromatic heterocycles. The average molecular weight is 415 g/mol. The van der Waals surface area contributed by atoms with Crippen molar-refractivity contribution in [2.45, 2.75) is 19.8 Å². The smallest absolute Gasteiger partial charge is 0.257 e. The molecule has 1 aliphatic rings. The first kappa shape index (κ1) is 20.6. The molecule has 1 saturated heterocycles. The zero-order valence-corrected chi connectivity index (χ0v) is 17.5. The highest BCUT2D eigenvalue weighted by molar-refractivity contribution is 6.05. The van der Waals surface area contributed by atoms with Gasteiger partial charge in [-0.25, -0.2) is 0 Å². The van der Waals surface area contributed by atoms with E-state index in [1.165, 1.54) is 0 Å². The predicted octanol–water partition coefficient (Wildman–Crippen LogP) is 4.01. The molecule has 0 saturated carbocycles. The number of anilines is 2. The Kier molecular flexibility index (Phi) is 5.98. The minimum atomic E-state index is -0.209. The summed E-state index contributed by atoms with van der Waals surface area (Å²) >= 11 is 0. The molecule has 1 fully saturated rings. The van der Waals surface area contributed by atoms with E-state index in [9.17, 15) is 9.59 Å². The number of nitrogens with one attached hydrogen (secondary N) is 1. The minimum Gasteiger partial charge on any atom is -0.371 e. The molecular weight excluding hydrogens is 388 g/mol. The first-order valence-electron chi connectivity index (χ1n) is 10.5. The van der Waals surface area contributed by atoms with E-state index in [0.717, 1.165) is 48.6 Å². The van der Waals surface area contributed by atoms with Gasteiger partial charge in [0.2, 0.25) is 5.91 Å². The molecule has 0 bridgehead atoms.